The van der Waals surface area contributed by atoms with Gasteiger partial charge in [-0.2, -0.15) is 0 Å². The van der Waals surface area contributed by atoms with E-state index in [0.717, 1.165) is 12.1 Å². The number of rotatable bonds is 2. The minimum Gasteiger partial charge on any atom is -0.460 e. The van der Waals surface area contributed by atoms with Crippen LogP contribution in [0.15, 0.2) is 12.4 Å². The van der Waals surface area contributed by atoms with E-state index in [1.54, 1.807) is 6.20 Å². The van der Waals surface area contributed by atoms with E-state index in [-0.39, 0.29) is 17.8 Å². The summed E-state index contributed by atoms with van der Waals surface area (Å²) < 4.78 is 5.32. The van der Waals surface area contributed by atoms with Gasteiger partial charge in [-0.15, -0.1) is 0 Å². The Morgan fingerprint density at radius 3 is 2.65 bits per heavy atom. The summed E-state index contributed by atoms with van der Waals surface area (Å²) in [4.78, 5) is 19.9. The molecule has 0 bridgehead atoms. The topological polar surface area (TPSA) is 52.1 Å². The lowest BCUT2D eigenvalue weighted by Crippen LogP contribution is -2.25. The van der Waals surface area contributed by atoms with Gasteiger partial charge in [0.05, 0.1) is 24.0 Å². The maximum absolute atomic E-state index is 11.8. The van der Waals surface area contributed by atoms with Crippen LogP contribution in [0.5, 0.6) is 0 Å². The Morgan fingerprint density at radius 1 is 1.41 bits per heavy atom. The van der Waals surface area contributed by atoms with Gasteiger partial charge in [0.2, 0.25) is 0 Å². The monoisotopic (exact) mass is 254 g/mol. The van der Waals surface area contributed by atoms with Crippen molar-refractivity contribution in [3.05, 3.63) is 23.2 Å². The summed E-state index contributed by atoms with van der Waals surface area (Å²) in [5.41, 5.74) is 0.376. The Bertz CT molecular complexity index is 425. The van der Waals surface area contributed by atoms with Crippen molar-refractivity contribution in [2.75, 3.05) is 0 Å². The van der Waals surface area contributed by atoms with Crippen LogP contribution >= 0.6 is 11.6 Å². The molecule has 0 spiro atoms. The van der Waals surface area contributed by atoms with E-state index in [4.69, 9.17) is 16.3 Å². The molecule has 1 aromatic rings. The Balaban J connectivity index is 1.96. The fraction of sp³-hybridized carbons (Fsp3) is 0.583. The number of carbonyl (C=O) groups excluding carboxylic acids is 1. The first-order valence-electron chi connectivity index (χ1n) is 5.57. The van der Waals surface area contributed by atoms with E-state index in [0.29, 0.717) is 5.15 Å². The fourth-order valence-corrected chi connectivity index (χ4v) is 1.77. The van der Waals surface area contributed by atoms with E-state index in [9.17, 15) is 4.79 Å². The van der Waals surface area contributed by atoms with Crippen LogP contribution in [0, 0.1) is 5.92 Å². The van der Waals surface area contributed by atoms with Crippen LogP contribution in [-0.2, 0) is 9.53 Å². The van der Waals surface area contributed by atoms with E-state index in [1.807, 2.05) is 20.8 Å². The number of hydrogen-bond donors (Lipinski definition) is 0. The van der Waals surface area contributed by atoms with Gasteiger partial charge in [-0.3, -0.25) is 9.78 Å². The van der Waals surface area contributed by atoms with Crippen LogP contribution < -0.4 is 0 Å². The second-order valence-electron chi connectivity index (χ2n) is 5.25. The molecule has 1 heterocycles. The third kappa shape index (κ3) is 3.16. The summed E-state index contributed by atoms with van der Waals surface area (Å²) in [5.74, 6) is -0.0985. The zero-order valence-corrected chi connectivity index (χ0v) is 10.9. The molecule has 0 amide bonds. The van der Waals surface area contributed by atoms with E-state index < -0.39 is 5.60 Å². The van der Waals surface area contributed by atoms with Gasteiger partial charge in [0.1, 0.15) is 10.8 Å². The predicted molar refractivity (Wildman–Crippen MR) is 63.7 cm³/mol. The Kier molecular flexibility index (Phi) is 3.08. The van der Waals surface area contributed by atoms with Crippen LogP contribution in [0.3, 0.4) is 0 Å². The molecule has 17 heavy (non-hydrogen) atoms. The summed E-state index contributed by atoms with van der Waals surface area (Å²) in [6.07, 6.45) is 3.91. The first-order valence-corrected chi connectivity index (χ1v) is 5.95. The summed E-state index contributed by atoms with van der Waals surface area (Å²) in [6, 6.07) is 0. The molecular formula is C12H15ClN2O2. The third-order valence-electron chi connectivity index (χ3n) is 2.52. The lowest BCUT2D eigenvalue weighted by atomic mass is 10.2. The molecule has 2 atom stereocenters. The highest BCUT2D eigenvalue weighted by molar-refractivity contribution is 6.29. The van der Waals surface area contributed by atoms with E-state index in [1.165, 1.54) is 6.20 Å². The highest BCUT2D eigenvalue weighted by Crippen LogP contribution is 2.47. The van der Waals surface area contributed by atoms with Crippen molar-refractivity contribution < 1.29 is 9.53 Å². The molecule has 0 aromatic carbocycles. The summed E-state index contributed by atoms with van der Waals surface area (Å²) in [5, 5.41) is 0.364. The zero-order chi connectivity index (χ0) is 12.6. The molecular weight excluding hydrogens is 240 g/mol. The van der Waals surface area contributed by atoms with Crippen LogP contribution in [-0.4, -0.2) is 21.5 Å². The molecule has 0 unspecified atom stereocenters. The van der Waals surface area contributed by atoms with Crippen molar-refractivity contribution >= 4 is 17.6 Å². The second-order valence-corrected chi connectivity index (χ2v) is 5.63. The average molecular weight is 255 g/mol. The number of esters is 1. The standard InChI is InChI=1S/C12H15ClN2O2/c1-12(2,3)17-11(16)8-4-7(8)9-5-15-10(13)6-14-9/h5-8H,4H2,1-3H3/t7-,8-/m1/s1. The normalized spacial score (nSPS) is 23.3. The molecule has 1 aromatic heterocycles. The highest BCUT2D eigenvalue weighted by atomic mass is 35.5. The minimum atomic E-state index is -0.435. The summed E-state index contributed by atoms with van der Waals surface area (Å²) in [7, 11) is 0. The number of aromatic nitrogens is 2. The highest BCUT2D eigenvalue weighted by Gasteiger charge is 2.47. The van der Waals surface area contributed by atoms with Crippen LogP contribution in [0.25, 0.3) is 0 Å². The molecule has 2 rings (SSSR count). The van der Waals surface area contributed by atoms with Crippen molar-refractivity contribution in [3.63, 3.8) is 0 Å². The summed E-state index contributed by atoms with van der Waals surface area (Å²) in [6.45, 7) is 5.60. The number of nitrogens with zero attached hydrogens (tertiary/aromatic N) is 2. The maximum Gasteiger partial charge on any atom is 0.310 e. The largest absolute Gasteiger partial charge is 0.460 e. The Hall–Kier alpha value is -1.16. The molecule has 0 radical (unpaired) electrons. The number of hydrogen-bond acceptors (Lipinski definition) is 4. The van der Waals surface area contributed by atoms with Crippen LogP contribution in [0.1, 0.15) is 38.8 Å². The lowest BCUT2D eigenvalue weighted by molar-refractivity contribution is -0.156. The molecule has 5 heteroatoms. The van der Waals surface area contributed by atoms with E-state index >= 15 is 0 Å². The lowest BCUT2D eigenvalue weighted by Gasteiger charge is -2.19. The van der Waals surface area contributed by atoms with Crippen molar-refractivity contribution in [2.24, 2.45) is 5.92 Å². The van der Waals surface area contributed by atoms with Crippen LogP contribution in [0.2, 0.25) is 5.15 Å². The Morgan fingerprint density at radius 2 is 2.12 bits per heavy atom. The first kappa shape index (κ1) is 12.3. The molecule has 1 saturated carbocycles. The predicted octanol–water partition coefficient (Wildman–Crippen LogP) is 2.58. The van der Waals surface area contributed by atoms with E-state index in [2.05, 4.69) is 9.97 Å². The molecule has 0 N–H and O–H groups in total. The van der Waals surface area contributed by atoms with Gasteiger partial charge in [0, 0.05) is 5.92 Å². The smallest absolute Gasteiger partial charge is 0.310 e. The van der Waals surface area contributed by atoms with Gasteiger partial charge in [-0.1, -0.05) is 11.6 Å². The molecule has 92 valence electrons. The number of halogens is 1. The van der Waals surface area contributed by atoms with Crippen molar-refractivity contribution in [2.45, 2.75) is 38.7 Å². The quantitative estimate of drug-likeness (QED) is 0.761. The first-order chi connectivity index (χ1) is 7.87. The maximum atomic E-state index is 11.8. The average Bonchev–Trinajstić information content (AvgIpc) is 2.96. The number of carbonyl (C=O) groups is 1. The Labute approximate surface area is 105 Å². The number of ether oxygens (including phenoxy) is 1. The zero-order valence-electron chi connectivity index (χ0n) is 10.1. The van der Waals surface area contributed by atoms with Gasteiger partial charge in [0.15, 0.2) is 0 Å². The molecule has 4 nitrogen and oxygen atoms in total. The molecule has 0 saturated heterocycles. The fourth-order valence-electron chi connectivity index (χ4n) is 1.67. The van der Waals surface area contributed by atoms with Crippen molar-refractivity contribution in [3.8, 4) is 0 Å². The molecule has 0 aliphatic heterocycles. The molecule has 1 aliphatic rings. The summed E-state index contributed by atoms with van der Waals surface area (Å²) >= 11 is 5.66. The van der Waals surface area contributed by atoms with Gasteiger partial charge >= 0.3 is 5.97 Å². The molecule has 1 aliphatic carbocycles. The SMILES string of the molecule is CC(C)(C)OC(=O)[C@@H]1C[C@H]1c1cnc(Cl)cn1. The van der Waals surface area contributed by atoms with Gasteiger partial charge in [-0.05, 0) is 27.2 Å². The second kappa shape index (κ2) is 4.26. The van der Waals surface area contributed by atoms with Crippen molar-refractivity contribution in [1.29, 1.82) is 0 Å². The van der Waals surface area contributed by atoms with Crippen molar-refractivity contribution in [1.82, 2.24) is 9.97 Å². The molecule has 1 fully saturated rings. The van der Waals surface area contributed by atoms with Gasteiger partial charge in [-0.25, -0.2) is 4.98 Å². The van der Waals surface area contributed by atoms with Gasteiger partial charge < -0.3 is 4.74 Å². The van der Waals surface area contributed by atoms with Crippen LogP contribution in [0.4, 0.5) is 0 Å². The third-order valence-corrected chi connectivity index (χ3v) is 2.72. The minimum absolute atomic E-state index is 0.0790. The van der Waals surface area contributed by atoms with Gasteiger partial charge in [0.25, 0.3) is 0 Å².